The number of nitrogens with one attached hydrogen (secondary N) is 1. The largest absolute Gasteiger partial charge is 0.422 e. The number of ether oxygens (including phenoxy) is 1. The Morgan fingerprint density at radius 1 is 0.875 bits per heavy atom. The molecule has 0 saturated carbocycles. The van der Waals surface area contributed by atoms with Gasteiger partial charge in [0.2, 0.25) is 0 Å². The van der Waals surface area contributed by atoms with E-state index in [1.54, 1.807) is 54.6 Å². The van der Waals surface area contributed by atoms with Gasteiger partial charge >= 0.3 is 5.97 Å². The number of fused-ring (bicyclic) bond motifs is 1. The van der Waals surface area contributed by atoms with Gasteiger partial charge in [0.15, 0.2) is 0 Å². The van der Waals surface area contributed by atoms with Crippen LogP contribution in [-0.4, -0.2) is 18.1 Å². The monoisotopic (exact) mass is 462 g/mol. The van der Waals surface area contributed by atoms with E-state index in [4.69, 9.17) is 27.9 Å². The van der Waals surface area contributed by atoms with E-state index in [-0.39, 0.29) is 11.3 Å². The fraction of sp³-hybridized carbons (Fsp3) is 0. The second-order valence-electron chi connectivity index (χ2n) is 6.78. The third-order valence-electron chi connectivity index (χ3n) is 4.67. The molecule has 0 atom stereocenters. The van der Waals surface area contributed by atoms with Gasteiger partial charge in [-0.1, -0.05) is 71.7 Å². The molecule has 0 aliphatic rings. The number of benzene rings is 4. The lowest BCUT2D eigenvalue weighted by atomic mass is 10.0. The Morgan fingerprint density at radius 3 is 2.47 bits per heavy atom. The highest BCUT2D eigenvalue weighted by Crippen LogP contribution is 2.28. The highest BCUT2D eigenvalue weighted by atomic mass is 35.5. The van der Waals surface area contributed by atoms with Crippen molar-refractivity contribution in [2.45, 2.75) is 0 Å². The number of hydrogen-bond acceptors (Lipinski definition) is 4. The fourth-order valence-electron chi connectivity index (χ4n) is 3.13. The molecule has 0 spiro atoms. The molecule has 0 bridgehead atoms. The van der Waals surface area contributed by atoms with Gasteiger partial charge in [0.25, 0.3) is 5.91 Å². The first kappa shape index (κ1) is 21.6. The molecular weight excluding hydrogens is 447 g/mol. The summed E-state index contributed by atoms with van der Waals surface area (Å²) < 4.78 is 5.63. The van der Waals surface area contributed by atoms with Gasteiger partial charge in [0, 0.05) is 16.1 Å². The van der Waals surface area contributed by atoms with Crippen LogP contribution in [0.3, 0.4) is 0 Å². The van der Waals surface area contributed by atoms with Crippen LogP contribution in [0.2, 0.25) is 10.0 Å². The number of halogens is 2. The third-order valence-corrected chi connectivity index (χ3v) is 5.24. The van der Waals surface area contributed by atoms with Gasteiger partial charge in [0.05, 0.1) is 16.8 Å². The van der Waals surface area contributed by atoms with Crippen LogP contribution < -0.4 is 10.2 Å². The average molecular weight is 463 g/mol. The zero-order valence-corrected chi connectivity index (χ0v) is 18.1. The fourth-order valence-corrected chi connectivity index (χ4v) is 3.53. The Labute approximate surface area is 194 Å². The summed E-state index contributed by atoms with van der Waals surface area (Å²) in [4.78, 5) is 25.0. The molecule has 4 rings (SSSR count). The van der Waals surface area contributed by atoms with Gasteiger partial charge in [-0.15, -0.1) is 0 Å². The van der Waals surface area contributed by atoms with Crippen molar-refractivity contribution in [1.29, 1.82) is 0 Å². The Kier molecular flexibility index (Phi) is 6.50. The predicted octanol–water partition coefficient (Wildman–Crippen LogP) is 6.13. The number of hydrazone groups is 1. The molecule has 0 aliphatic heterocycles. The Bertz CT molecular complexity index is 1350. The van der Waals surface area contributed by atoms with Crippen LogP contribution in [0, 0.1) is 0 Å². The second-order valence-corrected chi connectivity index (χ2v) is 7.62. The summed E-state index contributed by atoms with van der Waals surface area (Å²) in [6.45, 7) is 0. The van der Waals surface area contributed by atoms with Gasteiger partial charge < -0.3 is 4.74 Å². The average Bonchev–Trinajstić information content (AvgIpc) is 2.80. The van der Waals surface area contributed by atoms with Crippen LogP contribution in [0.4, 0.5) is 0 Å². The van der Waals surface area contributed by atoms with E-state index in [1.165, 1.54) is 6.21 Å². The quantitative estimate of drug-likeness (QED) is 0.168. The highest BCUT2D eigenvalue weighted by molar-refractivity contribution is 6.33. The topological polar surface area (TPSA) is 67.8 Å². The molecule has 4 aromatic rings. The molecule has 7 heteroatoms. The van der Waals surface area contributed by atoms with Crippen LogP contribution >= 0.6 is 23.2 Å². The Morgan fingerprint density at radius 2 is 1.66 bits per heavy atom. The lowest BCUT2D eigenvalue weighted by Crippen LogP contribution is -2.17. The Hall–Kier alpha value is -3.67. The molecule has 32 heavy (non-hydrogen) atoms. The number of amides is 1. The highest BCUT2D eigenvalue weighted by Gasteiger charge is 2.16. The summed E-state index contributed by atoms with van der Waals surface area (Å²) in [5.74, 6) is -0.725. The standard InChI is InChI=1S/C25H16Cl2N2O3/c26-18-8-5-7-17(14-18)24(30)29-28-15-21-19-9-2-1-6-16(19)12-13-23(21)32-25(31)20-10-3-4-11-22(20)27/h1-15H,(H,29,30). The van der Waals surface area contributed by atoms with Gasteiger partial charge in [0.1, 0.15) is 5.75 Å². The zero-order valence-electron chi connectivity index (χ0n) is 16.6. The van der Waals surface area contributed by atoms with Crippen molar-refractivity contribution in [3.05, 3.63) is 112 Å². The number of carbonyl (C=O) groups excluding carboxylic acids is 2. The van der Waals surface area contributed by atoms with E-state index in [2.05, 4.69) is 10.5 Å². The number of carbonyl (C=O) groups is 2. The molecule has 0 unspecified atom stereocenters. The van der Waals surface area contributed by atoms with Crippen molar-refractivity contribution < 1.29 is 14.3 Å². The summed E-state index contributed by atoms with van der Waals surface area (Å²) in [7, 11) is 0. The van der Waals surface area contributed by atoms with E-state index in [0.29, 0.717) is 21.2 Å². The molecule has 0 fully saturated rings. The molecule has 1 amide bonds. The summed E-state index contributed by atoms with van der Waals surface area (Å²) >= 11 is 12.1. The van der Waals surface area contributed by atoms with Crippen molar-refractivity contribution in [3.8, 4) is 5.75 Å². The maximum absolute atomic E-state index is 12.7. The minimum absolute atomic E-state index is 0.250. The molecule has 1 N–H and O–H groups in total. The number of nitrogens with zero attached hydrogens (tertiary/aromatic N) is 1. The number of hydrogen-bond donors (Lipinski definition) is 1. The molecule has 0 heterocycles. The minimum atomic E-state index is -0.594. The van der Waals surface area contributed by atoms with Crippen molar-refractivity contribution in [1.82, 2.24) is 5.43 Å². The molecular formula is C25H16Cl2N2O3. The number of esters is 1. The molecule has 0 saturated heterocycles. The van der Waals surface area contributed by atoms with E-state index in [0.717, 1.165) is 10.8 Å². The smallest absolute Gasteiger partial charge is 0.345 e. The third kappa shape index (κ3) is 4.80. The summed E-state index contributed by atoms with van der Waals surface area (Å²) in [5.41, 5.74) is 3.63. The van der Waals surface area contributed by atoms with E-state index in [1.807, 2.05) is 30.3 Å². The zero-order chi connectivity index (χ0) is 22.5. The van der Waals surface area contributed by atoms with E-state index in [9.17, 15) is 9.59 Å². The van der Waals surface area contributed by atoms with E-state index >= 15 is 0 Å². The van der Waals surface area contributed by atoms with Gasteiger partial charge in [-0.25, -0.2) is 10.2 Å². The molecule has 5 nitrogen and oxygen atoms in total. The van der Waals surface area contributed by atoms with Crippen LogP contribution in [0.25, 0.3) is 10.8 Å². The predicted molar refractivity (Wildman–Crippen MR) is 127 cm³/mol. The van der Waals surface area contributed by atoms with Crippen molar-refractivity contribution >= 4 is 52.1 Å². The van der Waals surface area contributed by atoms with E-state index < -0.39 is 11.9 Å². The first-order chi connectivity index (χ1) is 15.5. The van der Waals surface area contributed by atoms with Gasteiger partial charge in [-0.05, 0) is 47.2 Å². The summed E-state index contributed by atoms with van der Waals surface area (Å²) in [6.07, 6.45) is 1.44. The second kappa shape index (κ2) is 9.64. The maximum atomic E-state index is 12.7. The molecule has 0 radical (unpaired) electrons. The van der Waals surface area contributed by atoms with Crippen LogP contribution in [0.1, 0.15) is 26.3 Å². The normalized spacial score (nSPS) is 10.9. The first-order valence-electron chi connectivity index (χ1n) is 9.60. The SMILES string of the molecule is O=C(NN=Cc1c(OC(=O)c2ccccc2Cl)ccc2ccccc12)c1cccc(Cl)c1. The molecule has 0 aromatic heterocycles. The first-order valence-corrected chi connectivity index (χ1v) is 10.4. The number of rotatable bonds is 5. The van der Waals surface area contributed by atoms with Crippen molar-refractivity contribution in [3.63, 3.8) is 0 Å². The van der Waals surface area contributed by atoms with Gasteiger partial charge in [-0.3, -0.25) is 4.79 Å². The summed E-state index contributed by atoms with van der Waals surface area (Å²) in [6, 6.07) is 24.3. The molecule has 158 valence electrons. The lowest BCUT2D eigenvalue weighted by molar-refractivity contribution is 0.0734. The van der Waals surface area contributed by atoms with Crippen LogP contribution in [0.15, 0.2) is 90.0 Å². The van der Waals surface area contributed by atoms with Crippen LogP contribution in [0.5, 0.6) is 5.75 Å². The molecule has 0 aliphatic carbocycles. The summed E-state index contributed by atoms with van der Waals surface area (Å²) in [5, 5.41) is 6.54. The van der Waals surface area contributed by atoms with Crippen molar-refractivity contribution in [2.24, 2.45) is 5.10 Å². The van der Waals surface area contributed by atoms with Crippen LogP contribution in [-0.2, 0) is 0 Å². The molecule has 4 aromatic carbocycles. The Balaban J connectivity index is 1.64. The van der Waals surface area contributed by atoms with Gasteiger partial charge in [-0.2, -0.15) is 5.10 Å². The lowest BCUT2D eigenvalue weighted by Gasteiger charge is -2.11. The maximum Gasteiger partial charge on any atom is 0.345 e. The van der Waals surface area contributed by atoms with Crippen molar-refractivity contribution in [2.75, 3.05) is 0 Å². The minimum Gasteiger partial charge on any atom is -0.422 e.